The number of hydrogen-bond donors (Lipinski definition) is 1. The molecular weight excluding hydrogens is 241 g/mol. The van der Waals surface area contributed by atoms with Crippen LogP contribution in [0.3, 0.4) is 0 Å². The third kappa shape index (κ3) is 3.51. The minimum absolute atomic E-state index is 0.218. The topological polar surface area (TPSA) is 42.2 Å². The van der Waals surface area contributed by atoms with E-state index in [0.717, 1.165) is 11.3 Å². The summed E-state index contributed by atoms with van der Waals surface area (Å²) in [5, 5.41) is 0. The third-order valence-corrected chi connectivity index (χ3v) is 2.98. The van der Waals surface area contributed by atoms with Crippen molar-refractivity contribution < 1.29 is 4.39 Å². The van der Waals surface area contributed by atoms with E-state index in [1.54, 1.807) is 18.3 Å². The lowest BCUT2D eigenvalue weighted by Gasteiger charge is -2.20. The lowest BCUT2D eigenvalue weighted by atomic mass is 10.1. The summed E-state index contributed by atoms with van der Waals surface area (Å²) in [6, 6.07) is 11.0. The number of benzene rings is 1. The van der Waals surface area contributed by atoms with E-state index < -0.39 is 0 Å². The van der Waals surface area contributed by atoms with Gasteiger partial charge in [-0.3, -0.25) is 4.98 Å². The van der Waals surface area contributed by atoms with Crippen LogP contribution in [-0.4, -0.2) is 18.6 Å². The van der Waals surface area contributed by atoms with Crippen LogP contribution >= 0.6 is 0 Å². The molecule has 2 aromatic rings. The zero-order valence-electron chi connectivity index (χ0n) is 11.0. The van der Waals surface area contributed by atoms with E-state index >= 15 is 0 Å². The van der Waals surface area contributed by atoms with Crippen LogP contribution in [-0.2, 0) is 13.0 Å². The van der Waals surface area contributed by atoms with Crippen LogP contribution in [0.25, 0.3) is 0 Å². The predicted octanol–water partition coefficient (Wildman–Crippen LogP) is 2.36. The monoisotopic (exact) mass is 259 g/mol. The lowest BCUT2D eigenvalue weighted by Crippen LogP contribution is -2.18. The molecule has 0 radical (unpaired) electrons. The van der Waals surface area contributed by atoms with Gasteiger partial charge in [-0.05, 0) is 42.8 Å². The Morgan fingerprint density at radius 1 is 1.26 bits per heavy atom. The Hall–Kier alpha value is -1.94. The van der Waals surface area contributed by atoms with Gasteiger partial charge >= 0.3 is 0 Å². The smallest absolute Gasteiger partial charge is 0.146 e. The fraction of sp³-hybridized carbons (Fsp3) is 0.267. The Balaban J connectivity index is 2.13. The van der Waals surface area contributed by atoms with Crippen LogP contribution in [0.4, 0.5) is 10.1 Å². The summed E-state index contributed by atoms with van der Waals surface area (Å²) in [5.41, 5.74) is 7.88. The summed E-state index contributed by atoms with van der Waals surface area (Å²) in [5.74, 6) is -0.218. The van der Waals surface area contributed by atoms with Crippen molar-refractivity contribution in [3.05, 3.63) is 59.7 Å². The molecule has 4 heteroatoms. The number of rotatable bonds is 5. The molecule has 0 spiro atoms. The van der Waals surface area contributed by atoms with E-state index in [-0.39, 0.29) is 5.82 Å². The number of nitrogens with two attached hydrogens (primary N) is 1. The standard InChI is InChI=1S/C15H18FN3/c1-19(11-13-4-2-3-9-18-13)15-6-5-12(7-8-17)10-14(15)16/h2-6,9-10H,7-8,11,17H2,1H3. The van der Waals surface area contributed by atoms with E-state index in [9.17, 15) is 4.39 Å². The quantitative estimate of drug-likeness (QED) is 0.896. The van der Waals surface area contributed by atoms with Crippen LogP contribution in [0.2, 0.25) is 0 Å². The fourth-order valence-corrected chi connectivity index (χ4v) is 2.00. The van der Waals surface area contributed by atoms with E-state index in [0.29, 0.717) is 25.2 Å². The first-order valence-corrected chi connectivity index (χ1v) is 6.30. The van der Waals surface area contributed by atoms with E-state index in [2.05, 4.69) is 4.98 Å². The van der Waals surface area contributed by atoms with Gasteiger partial charge in [0.05, 0.1) is 17.9 Å². The van der Waals surface area contributed by atoms with Crippen molar-refractivity contribution in [3.8, 4) is 0 Å². The van der Waals surface area contributed by atoms with Gasteiger partial charge in [-0.2, -0.15) is 0 Å². The van der Waals surface area contributed by atoms with Gasteiger partial charge in [-0.15, -0.1) is 0 Å². The summed E-state index contributed by atoms with van der Waals surface area (Å²) in [6.07, 6.45) is 2.44. The van der Waals surface area contributed by atoms with Gasteiger partial charge in [0.15, 0.2) is 0 Å². The van der Waals surface area contributed by atoms with Gasteiger partial charge in [-0.1, -0.05) is 12.1 Å². The van der Waals surface area contributed by atoms with Crippen LogP contribution in [0.5, 0.6) is 0 Å². The number of anilines is 1. The highest BCUT2D eigenvalue weighted by Gasteiger charge is 2.09. The van der Waals surface area contributed by atoms with Crippen molar-refractivity contribution in [2.24, 2.45) is 5.73 Å². The van der Waals surface area contributed by atoms with Crippen LogP contribution in [0.15, 0.2) is 42.6 Å². The third-order valence-electron chi connectivity index (χ3n) is 2.98. The summed E-state index contributed by atoms with van der Waals surface area (Å²) >= 11 is 0. The number of pyridine rings is 1. The molecule has 3 nitrogen and oxygen atoms in total. The molecular formula is C15H18FN3. The minimum Gasteiger partial charge on any atom is -0.366 e. The second-order valence-corrected chi connectivity index (χ2v) is 4.50. The van der Waals surface area contributed by atoms with Crippen molar-refractivity contribution >= 4 is 5.69 Å². The molecule has 0 aliphatic carbocycles. The second-order valence-electron chi connectivity index (χ2n) is 4.50. The zero-order valence-corrected chi connectivity index (χ0v) is 11.0. The molecule has 1 aromatic heterocycles. The molecule has 0 unspecified atom stereocenters. The second kappa shape index (κ2) is 6.29. The first kappa shape index (κ1) is 13.5. The van der Waals surface area contributed by atoms with E-state index in [1.165, 1.54) is 0 Å². The number of hydrogen-bond acceptors (Lipinski definition) is 3. The van der Waals surface area contributed by atoms with E-state index in [4.69, 9.17) is 5.73 Å². The first-order valence-electron chi connectivity index (χ1n) is 6.30. The van der Waals surface area contributed by atoms with Gasteiger partial charge in [0.25, 0.3) is 0 Å². The van der Waals surface area contributed by atoms with Crippen molar-refractivity contribution in [2.45, 2.75) is 13.0 Å². The Labute approximate surface area is 112 Å². The maximum absolute atomic E-state index is 14.0. The predicted molar refractivity (Wildman–Crippen MR) is 75.5 cm³/mol. The molecule has 19 heavy (non-hydrogen) atoms. The molecule has 0 amide bonds. The lowest BCUT2D eigenvalue weighted by molar-refractivity contribution is 0.619. The van der Waals surface area contributed by atoms with Gasteiger partial charge in [-0.25, -0.2) is 4.39 Å². The Kier molecular flexibility index (Phi) is 4.47. The zero-order chi connectivity index (χ0) is 13.7. The van der Waals surface area contributed by atoms with Gasteiger partial charge in [0.2, 0.25) is 0 Å². The Morgan fingerprint density at radius 2 is 2.11 bits per heavy atom. The Morgan fingerprint density at radius 3 is 2.74 bits per heavy atom. The van der Waals surface area contributed by atoms with Gasteiger partial charge in [0.1, 0.15) is 5.82 Å². The van der Waals surface area contributed by atoms with Gasteiger partial charge in [0, 0.05) is 13.2 Å². The molecule has 2 N–H and O–H groups in total. The molecule has 1 aromatic carbocycles. The number of nitrogens with zero attached hydrogens (tertiary/aromatic N) is 2. The SMILES string of the molecule is CN(Cc1ccccn1)c1ccc(CCN)cc1F. The highest BCUT2D eigenvalue weighted by atomic mass is 19.1. The molecule has 0 saturated carbocycles. The molecule has 0 bridgehead atoms. The summed E-state index contributed by atoms with van der Waals surface area (Å²) in [6.45, 7) is 1.11. The highest BCUT2D eigenvalue weighted by Crippen LogP contribution is 2.21. The molecule has 0 aliphatic heterocycles. The van der Waals surface area contributed by atoms with Gasteiger partial charge < -0.3 is 10.6 Å². The molecule has 0 aliphatic rings. The molecule has 0 saturated heterocycles. The van der Waals surface area contributed by atoms with Crippen molar-refractivity contribution in [1.82, 2.24) is 4.98 Å². The fourth-order valence-electron chi connectivity index (χ4n) is 2.00. The summed E-state index contributed by atoms with van der Waals surface area (Å²) in [7, 11) is 1.86. The van der Waals surface area contributed by atoms with Crippen LogP contribution in [0.1, 0.15) is 11.3 Å². The van der Waals surface area contributed by atoms with Crippen LogP contribution < -0.4 is 10.6 Å². The molecule has 0 fully saturated rings. The average Bonchev–Trinajstić information content (AvgIpc) is 2.40. The molecule has 2 rings (SSSR count). The summed E-state index contributed by atoms with van der Waals surface area (Å²) in [4.78, 5) is 6.09. The average molecular weight is 259 g/mol. The van der Waals surface area contributed by atoms with Crippen LogP contribution in [0, 0.1) is 5.82 Å². The highest BCUT2D eigenvalue weighted by molar-refractivity contribution is 5.48. The molecule has 1 heterocycles. The number of aromatic nitrogens is 1. The number of halogens is 1. The minimum atomic E-state index is -0.218. The first-order chi connectivity index (χ1) is 9.20. The maximum atomic E-state index is 14.0. The largest absolute Gasteiger partial charge is 0.366 e. The summed E-state index contributed by atoms with van der Waals surface area (Å²) < 4.78 is 14.0. The molecule has 0 atom stereocenters. The Bertz CT molecular complexity index is 528. The normalized spacial score (nSPS) is 10.5. The van der Waals surface area contributed by atoms with Crippen molar-refractivity contribution in [3.63, 3.8) is 0 Å². The van der Waals surface area contributed by atoms with E-state index in [1.807, 2.05) is 36.2 Å². The van der Waals surface area contributed by atoms with Crippen molar-refractivity contribution in [1.29, 1.82) is 0 Å². The van der Waals surface area contributed by atoms with Crippen molar-refractivity contribution in [2.75, 3.05) is 18.5 Å². The molecule has 100 valence electrons. The maximum Gasteiger partial charge on any atom is 0.146 e.